The first kappa shape index (κ1) is 23.8. The van der Waals surface area contributed by atoms with E-state index in [4.69, 9.17) is 15.6 Å². The fraction of sp³-hybridized carbons (Fsp3) is 0.444. The number of carboxylic acid groups (broad SMARTS) is 1. The largest absolute Gasteiger partial charge is 0.480 e. The van der Waals surface area contributed by atoms with Crippen molar-refractivity contribution < 1.29 is 37.0 Å². The second-order valence-electron chi connectivity index (χ2n) is 6.40. The fourth-order valence-corrected chi connectivity index (χ4v) is 3.71. The topological polar surface area (TPSA) is 96.1 Å². The zero-order chi connectivity index (χ0) is 22.4. The smallest absolute Gasteiger partial charge is 0.425 e. The van der Waals surface area contributed by atoms with Crippen molar-refractivity contribution in [2.45, 2.75) is 25.3 Å². The molecule has 2 rings (SSSR count). The van der Waals surface area contributed by atoms with E-state index in [0.717, 1.165) is 12.5 Å². The van der Waals surface area contributed by atoms with Gasteiger partial charge in [0.1, 0.15) is 24.0 Å². The maximum Gasteiger partial charge on any atom is 0.425 e. The summed E-state index contributed by atoms with van der Waals surface area (Å²) in [4.78, 5) is 24.4. The van der Waals surface area contributed by atoms with E-state index >= 15 is 0 Å². The van der Waals surface area contributed by atoms with E-state index in [1.165, 1.54) is 4.90 Å². The molecule has 1 atom stereocenters. The molecule has 0 aliphatic carbocycles. The maximum absolute atomic E-state index is 14.8. The number of hydrogen-bond donors (Lipinski definition) is 2. The van der Waals surface area contributed by atoms with Crippen LogP contribution < -0.4 is 14.9 Å². The highest BCUT2D eigenvalue weighted by Crippen LogP contribution is 2.39. The molecule has 1 saturated heterocycles. The van der Waals surface area contributed by atoms with Crippen LogP contribution in [0.3, 0.4) is 0 Å². The van der Waals surface area contributed by atoms with E-state index in [1.807, 2.05) is 0 Å². The van der Waals surface area contributed by atoms with Crippen LogP contribution in [0.25, 0.3) is 0 Å². The lowest BCUT2D eigenvalue weighted by Gasteiger charge is -2.30. The highest BCUT2D eigenvalue weighted by Gasteiger charge is 2.35. The molecule has 3 N–H and O–H groups in total. The normalized spacial score (nSPS) is 14.9. The fourth-order valence-electron chi connectivity index (χ4n) is 2.81. The summed E-state index contributed by atoms with van der Waals surface area (Å²) in [5, 5.41) is 8.86. The highest BCUT2D eigenvalue weighted by atomic mass is 32.2. The second kappa shape index (κ2) is 10.5. The molecule has 1 amide bonds. The van der Waals surface area contributed by atoms with Gasteiger partial charge in [-0.3, -0.25) is 4.79 Å². The molecule has 1 unspecified atom stereocenters. The minimum absolute atomic E-state index is 0.211. The van der Waals surface area contributed by atoms with Gasteiger partial charge in [0.15, 0.2) is 23.3 Å². The number of aliphatic carboxylic acids is 1. The summed E-state index contributed by atoms with van der Waals surface area (Å²) in [6.07, 6.45) is 1.82. The van der Waals surface area contributed by atoms with Crippen LogP contribution in [0.2, 0.25) is 0 Å². The number of carbonyl (C=O) groups excluding carboxylic acids is 1. The first-order chi connectivity index (χ1) is 14.2. The third-order valence-electron chi connectivity index (χ3n) is 4.28. The van der Waals surface area contributed by atoms with E-state index in [1.54, 1.807) is 0 Å². The van der Waals surface area contributed by atoms with Gasteiger partial charge in [0.2, 0.25) is 0 Å². The SMILES string of the molecule is C=CCOC(=O)N(SCC(N)C(=O)O)c1c(F)c(F)c(N2CCCCC2)c(F)c1F. The van der Waals surface area contributed by atoms with E-state index < -0.39 is 58.5 Å². The number of halogens is 4. The lowest BCUT2D eigenvalue weighted by atomic mass is 10.1. The number of benzene rings is 1. The third-order valence-corrected chi connectivity index (χ3v) is 5.38. The zero-order valence-electron chi connectivity index (χ0n) is 15.9. The summed E-state index contributed by atoms with van der Waals surface area (Å²) in [7, 11) is 0. The van der Waals surface area contributed by atoms with Crippen LogP contribution in [0.15, 0.2) is 12.7 Å². The summed E-state index contributed by atoms with van der Waals surface area (Å²) in [5.74, 6) is -8.90. The number of amides is 1. The Hall–Kier alpha value is -2.47. The van der Waals surface area contributed by atoms with Crippen LogP contribution in [0, 0.1) is 23.3 Å². The number of hydrogen-bond acceptors (Lipinski definition) is 6. The number of nitrogens with zero attached hydrogens (tertiary/aromatic N) is 2. The molecule has 0 radical (unpaired) electrons. The van der Waals surface area contributed by atoms with Crippen molar-refractivity contribution in [1.82, 2.24) is 0 Å². The lowest BCUT2D eigenvalue weighted by molar-refractivity contribution is -0.137. The Morgan fingerprint density at radius 1 is 1.17 bits per heavy atom. The number of carboxylic acids is 1. The van der Waals surface area contributed by atoms with Gasteiger partial charge in [-0.1, -0.05) is 12.7 Å². The first-order valence-corrected chi connectivity index (χ1v) is 9.94. The second-order valence-corrected chi connectivity index (χ2v) is 7.36. The van der Waals surface area contributed by atoms with Crippen LogP contribution in [0.4, 0.5) is 33.7 Å². The van der Waals surface area contributed by atoms with Crippen LogP contribution in [-0.2, 0) is 9.53 Å². The maximum atomic E-state index is 14.8. The summed E-state index contributed by atoms with van der Waals surface area (Å²) in [6.45, 7) is 3.40. The molecule has 0 bridgehead atoms. The number of rotatable bonds is 8. The monoisotopic (exact) mass is 451 g/mol. The first-order valence-electron chi connectivity index (χ1n) is 9.00. The Morgan fingerprint density at radius 2 is 1.73 bits per heavy atom. The quantitative estimate of drug-likeness (QED) is 0.271. The van der Waals surface area contributed by atoms with Gasteiger partial charge in [-0.15, -0.1) is 0 Å². The van der Waals surface area contributed by atoms with Crippen molar-refractivity contribution >= 4 is 35.4 Å². The number of nitrogens with two attached hydrogens (primary N) is 1. The molecule has 166 valence electrons. The van der Waals surface area contributed by atoms with Crippen molar-refractivity contribution in [2.75, 3.05) is 34.7 Å². The van der Waals surface area contributed by atoms with Crippen LogP contribution in [0.5, 0.6) is 0 Å². The van der Waals surface area contributed by atoms with E-state index in [9.17, 15) is 27.2 Å². The van der Waals surface area contributed by atoms with Crippen molar-refractivity contribution in [3.8, 4) is 0 Å². The molecule has 0 spiro atoms. The molecular weight excluding hydrogens is 430 g/mol. The van der Waals surface area contributed by atoms with Crippen molar-refractivity contribution in [3.63, 3.8) is 0 Å². The third kappa shape index (κ3) is 5.17. The van der Waals surface area contributed by atoms with Gasteiger partial charge in [0.05, 0.1) is 0 Å². The van der Waals surface area contributed by atoms with E-state index in [2.05, 4.69) is 6.58 Å². The Kier molecular flexibility index (Phi) is 8.35. The minimum atomic E-state index is -1.80. The highest BCUT2D eigenvalue weighted by molar-refractivity contribution is 8.01. The number of ether oxygens (including phenoxy) is 1. The standard InChI is InChI=1S/C18H21F4N3O4S/c1-2-8-29-18(28)25(30-9-10(23)17(26)27)16-13(21)11(19)15(12(20)14(16)22)24-6-4-3-5-7-24/h2,10H,1,3-9,23H2,(H,26,27). The molecule has 1 aromatic carbocycles. The zero-order valence-corrected chi connectivity index (χ0v) is 16.7. The van der Waals surface area contributed by atoms with Crippen LogP contribution in [0.1, 0.15) is 19.3 Å². The van der Waals surface area contributed by atoms with Gasteiger partial charge in [0.25, 0.3) is 0 Å². The van der Waals surface area contributed by atoms with Gasteiger partial charge in [-0.2, -0.15) is 0 Å². The van der Waals surface area contributed by atoms with Crippen molar-refractivity contribution in [3.05, 3.63) is 35.9 Å². The summed E-state index contributed by atoms with van der Waals surface area (Å²) in [6, 6.07) is -1.52. The molecule has 1 aromatic rings. The molecule has 1 heterocycles. The molecule has 7 nitrogen and oxygen atoms in total. The van der Waals surface area contributed by atoms with Gasteiger partial charge in [0, 0.05) is 18.8 Å². The average Bonchev–Trinajstić information content (AvgIpc) is 2.73. The van der Waals surface area contributed by atoms with Crippen molar-refractivity contribution in [2.24, 2.45) is 5.73 Å². The molecule has 0 aromatic heterocycles. The number of piperidine rings is 1. The Balaban J connectivity index is 2.49. The summed E-state index contributed by atoms with van der Waals surface area (Å²) in [5.41, 5.74) is 3.15. The van der Waals surface area contributed by atoms with Gasteiger partial charge < -0.3 is 20.5 Å². The molecule has 1 aliphatic rings. The predicted molar refractivity (Wildman–Crippen MR) is 104 cm³/mol. The molecule has 0 saturated carbocycles. The molecule has 1 fully saturated rings. The summed E-state index contributed by atoms with van der Waals surface area (Å²) >= 11 is 0.249. The van der Waals surface area contributed by atoms with Gasteiger partial charge >= 0.3 is 12.1 Å². The van der Waals surface area contributed by atoms with Crippen molar-refractivity contribution in [1.29, 1.82) is 0 Å². The molecule has 12 heteroatoms. The minimum Gasteiger partial charge on any atom is -0.480 e. The molecular formula is C18H21F4N3O4S. The molecule has 30 heavy (non-hydrogen) atoms. The van der Waals surface area contributed by atoms with Crippen LogP contribution in [-0.4, -0.2) is 48.7 Å². The Morgan fingerprint density at radius 3 is 2.23 bits per heavy atom. The van der Waals surface area contributed by atoms with E-state index in [-0.39, 0.29) is 35.9 Å². The number of anilines is 2. The Bertz CT molecular complexity index is 792. The number of carbonyl (C=O) groups is 2. The van der Waals surface area contributed by atoms with Crippen LogP contribution >= 0.6 is 11.9 Å². The Labute approximate surface area is 174 Å². The predicted octanol–water partition coefficient (Wildman–Crippen LogP) is 3.42. The average molecular weight is 451 g/mol. The van der Waals surface area contributed by atoms with E-state index in [0.29, 0.717) is 12.8 Å². The molecule has 1 aliphatic heterocycles. The van der Waals surface area contributed by atoms with Gasteiger partial charge in [-0.05, 0) is 31.2 Å². The van der Waals surface area contributed by atoms with Gasteiger partial charge in [-0.25, -0.2) is 26.7 Å². The lowest BCUT2D eigenvalue weighted by Crippen LogP contribution is -2.36. The summed E-state index contributed by atoms with van der Waals surface area (Å²) < 4.78 is 64.1.